The molecule has 1 aromatic heterocycles. The fourth-order valence-electron chi connectivity index (χ4n) is 6.10. The average molecular weight is 560 g/mol. The molecule has 208 valence electrons. The summed E-state index contributed by atoms with van der Waals surface area (Å²) in [7, 11) is 0. The molecule has 2 aromatic carbocycles. The second-order valence-corrected chi connectivity index (χ2v) is 11.4. The number of thiophene rings is 1. The normalized spacial score (nSPS) is 22.1. The molecule has 40 heavy (non-hydrogen) atoms. The summed E-state index contributed by atoms with van der Waals surface area (Å²) in [5.74, 6) is -2.65. The highest BCUT2D eigenvalue weighted by Crippen LogP contribution is 2.46. The number of hydrogen-bond acceptors (Lipinski definition) is 7. The van der Waals surface area contributed by atoms with Gasteiger partial charge in [0.25, 0.3) is 0 Å². The van der Waals surface area contributed by atoms with Crippen LogP contribution in [0.15, 0.2) is 83.3 Å². The Hall–Kier alpha value is -3.56. The van der Waals surface area contributed by atoms with E-state index in [-0.39, 0.29) is 43.6 Å². The van der Waals surface area contributed by atoms with Crippen LogP contribution in [-0.2, 0) is 16.1 Å². The lowest BCUT2D eigenvalue weighted by molar-refractivity contribution is -0.140. The first-order chi connectivity index (χ1) is 19.4. The molecule has 0 radical (unpaired) electrons. The molecular weight excluding hydrogens is 526 g/mol. The van der Waals surface area contributed by atoms with E-state index >= 15 is 0 Å². The van der Waals surface area contributed by atoms with Crippen molar-refractivity contribution >= 4 is 34.8 Å². The van der Waals surface area contributed by atoms with Crippen LogP contribution in [-0.4, -0.2) is 56.5 Å². The summed E-state index contributed by atoms with van der Waals surface area (Å²) in [5, 5.41) is 44.0. The Morgan fingerprint density at radius 2 is 1.82 bits per heavy atom. The minimum atomic E-state index is -1.02. The van der Waals surface area contributed by atoms with Crippen LogP contribution in [0.4, 0.5) is 0 Å². The first-order valence-corrected chi connectivity index (χ1v) is 14.3. The fourth-order valence-corrected chi connectivity index (χ4v) is 6.79. The zero-order valence-electron chi connectivity index (χ0n) is 22.0. The van der Waals surface area contributed by atoms with E-state index < -0.39 is 30.5 Å². The van der Waals surface area contributed by atoms with Crippen molar-refractivity contribution in [3.8, 4) is 5.75 Å². The number of phenolic OH excluding ortho intramolecular Hbond substituents is 1. The van der Waals surface area contributed by atoms with Gasteiger partial charge < -0.3 is 20.4 Å². The zero-order valence-corrected chi connectivity index (χ0v) is 22.8. The predicted molar refractivity (Wildman–Crippen MR) is 154 cm³/mol. The summed E-state index contributed by atoms with van der Waals surface area (Å²) in [6.45, 7) is -0.579. The molecule has 3 aromatic rings. The number of fused-ring (bicyclic) bond motifs is 1. The van der Waals surface area contributed by atoms with E-state index in [1.54, 1.807) is 18.2 Å². The number of carbonyl (C=O) groups excluding carboxylic acids is 2. The van der Waals surface area contributed by atoms with Crippen LogP contribution in [0.1, 0.15) is 35.3 Å². The van der Waals surface area contributed by atoms with E-state index in [2.05, 4.69) is 0 Å². The summed E-state index contributed by atoms with van der Waals surface area (Å²) in [6, 6.07) is 20.4. The third kappa shape index (κ3) is 5.67. The summed E-state index contributed by atoms with van der Waals surface area (Å²) in [6.07, 6.45) is 1.87. The molecule has 8 heteroatoms. The Kier molecular flexibility index (Phi) is 8.61. The van der Waals surface area contributed by atoms with E-state index in [1.165, 1.54) is 16.2 Å². The van der Waals surface area contributed by atoms with E-state index in [9.17, 15) is 30.0 Å². The van der Waals surface area contributed by atoms with Gasteiger partial charge in [-0.05, 0) is 70.7 Å². The molecule has 4 atom stereocenters. The van der Waals surface area contributed by atoms with Gasteiger partial charge in [0.15, 0.2) is 0 Å². The molecule has 2 heterocycles. The van der Waals surface area contributed by atoms with Crippen molar-refractivity contribution in [2.24, 2.45) is 17.8 Å². The molecule has 5 rings (SSSR count). The van der Waals surface area contributed by atoms with Crippen molar-refractivity contribution in [3.63, 3.8) is 0 Å². The standard InChI is InChI=1S/C32H33NO6S/c34-18-23-16-26-30(32(39)33(31(26)38)17-25-10-5-13-40-25)27(19-35)29(23)28(37)12-11-22(21-7-2-1-3-8-21)14-20-6-4-9-24(36)15-20/h1-10,13-15,26-28,30,34-37H,11-12,16-19H2/b22-14-/t26-,27+,28-,30-/m1/s1. The molecule has 1 aliphatic heterocycles. The highest BCUT2D eigenvalue weighted by atomic mass is 32.1. The van der Waals surface area contributed by atoms with Crippen molar-refractivity contribution in [3.05, 3.63) is 99.3 Å². The lowest BCUT2D eigenvalue weighted by Gasteiger charge is -2.36. The molecule has 2 amide bonds. The molecule has 1 saturated heterocycles. The second-order valence-electron chi connectivity index (χ2n) is 10.4. The number of benzene rings is 2. The lowest BCUT2D eigenvalue weighted by atomic mass is 9.68. The quantitative estimate of drug-likeness (QED) is 0.168. The van der Waals surface area contributed by atoms with Gasteiger partial charge in [0, 0.05) is 10.8 Å². The van der Waals surface area contributed by atoms with Crippen LogP contribution in [0.25, 0.3) is 11.6 Å². The number of phenols is 1. The number of nitrogens with zero attached hydrogens (tertiary/aromatic N) is 1. The van der Waals surface area contributed by atoms with Gasteiger partial charge in [-0.2, -0.15) is 0 Å². The molecule has 1 fully saturated rings. The minimum Gasteiger partial charge on any atom is -0.508 e. The maximum absolute atomic E-state index is 13.5. The molecule has 0 unspecified atom stereocenters. The van der Waals surface area contributed by atoms with E-state index in [4.69, 9.17) is 0 Å². The van der Waals surface area contributed by atoms with E-state index in [0.29, 0.717) is 17.6 Å². The van der Waals surface area contributed by atoms with Gasteiger partial charge in [-0.25, -0.2) is 0 Å². The number of hydrogen-bond donors (Lipinski definition) is 4. The van der Waals surface area contributed by atoms with Crippen LogP contribution >= 0.6 is 11.3 Å². The number of allylic oxidation sites excluding steroid dienone is 1. The van der Waals surface area contributed by atoms with Crippen molar-refractivity contribution in [2.75, 3.05) is 13.2 Å². The van der Waals surface area contributed by atoms with Gasteiger partial charge in [-0.1, -0.05) is 54.6 Å². The first-order valence-electron chi connectivity index (χ1n) is 13.5. The minimum absolute atomic E-state index is 0.158. The predicted octanol–water partition coefficient (Wildman–Crippen LogP) is 4.24. The van der Waals surface area contributed by atoms with Crippen molar-refractivity contribution in [2.45, 2.75) is 31.9 Å². The van der Waals surface area contributed by atoms with Gasteiger partial charge in [-0.3, -0.25) is 14.5 Å². The third-order valence-electron chi connectivity index (χ3n) is 7.96. The highest BCUT2D eigenvalue weighted by Gasteiger charge is 2.54. The summed E-state index contributed by atoms with van der Waals surface area (Å²) < 4.78 is 0. The maximum Gasteiger partial charge on any atom is 0.234 e. The molecule has 2 aliphatic rings. The summed E-state index contributed by atoms with van der Waals surface area (Å²) in [4.78, 5) is 28.9. The second kappa shape index (κ2) is 12.3. The molecule has 0 bridgehead atoms. The largest absolute Gasteiger partial charge is 0.508 e. The summed E-state index contributed by atoms with van der Waals surface area (Å²) in [5.41, 5.74) is 3.72. The molecule has 1 aliphatic carbocycles. The maximum atomic E-state index is 13.5. The topological polar surface area (TPSA) is 118 Å². The molecule has 7 nitrogen and oxygen atoms in total. The number of aliphatic hydroxyl groups excluding tert-OH is 3. The van der Waals surface area contributed by atoms with Gasteiger partial charge in [-0.15, -0.1) is 11.3 Å². The molecule has 0 saturated carbocycles. The third-order valence-corrected chi connectivity index (χ3v) is 8.82. The van der Waals surface area contributed by atoms with Crippen molar-refractivity contribution in [1.82, 2.24) is 4.90 Å². The van der Waals surface area contributed by atoms with Gasteiger partial charge in [0.1, 0.15) is 5.75 Å². The smallest absolute Gasteiger partial charge is 0.234 e. The number of aromatic hydroxyl groups is 1. The Balaban J connectivity index is 1.40. The van der Waals surface area contributed by atoms with E-state index in [1.807, 2.05) is 60.0 Å². The highest BCUT2D eigenvalue weighted by molar-refractivity contribution is 7.09. The first kappa shape index (κ1) is 28.0. The van der Waals surface area contributed by atoms with Crippen LogP contribution in [0.3, 0.4) is 0 Å². The number of aliphatic hydroxyl groups is 3. The molecule has 4 N–H and O–H groups in total. The van der Waals surface area contributed by atoms with Crippen LogP contribution in [0.2, 0.25) is 0 Å². The Morgan fingerprint density at radius 3 is 2.50 bits per heavy atom. The van der Waals surface area contributed by atoms with Gasteiger partial charge in [0.2, 0.25) is 11.8 Å². The van der Waals surface area contributed by atoms with Crippen LogP contribution < -0.4 is 0 Å². The number of carbonyl (C=O) groups is 2. The number of rotatable bonds is 10. The van der Waals surface area contributed by atoms with Gasteiger partial charge in [0.05, 0.1) is 37.7 Å². The Morgan fingerprint density at radius 1 is 1.02 bits per heavy atom. The van der Waals surface area contributed by atoms with Gasteiger partial charge >= 0.3 is 0 Å². The summed E-state index contributed by atoms with van der Waals surface area (Å²) >= 11 is 1.47. The average Bonchev–Trinajstić information content (AvgIpc) is 3.57. The van der Waals surface area contributed by atoms with Crippen LogP contribution in [0.5, 0.6) is 5.75 Å². The van der Waals surface area contributed by atoms with Crippen LogP contribution in [0, 0.1) is 17.8 Å². The van der Waals surface area contributed by atoms with Crippen molar-refractivity contribution in [1.29, 1.82) is 0 Å². The Labute approximate surface area is 237 Å². The molecular formula is C32H33NO6S. The number of likely N-dealkylation sites (tertiary alicyclic amines) is 1. The number of amides is 2. The van der Waals surface area contributed by atoms with E-state index in [0.717, 1.165) is 21.6 Å². The molecule has 0 spiro atoms. The lowest BCUT2D eigenvalue weighted by Crippen LogP contribution is -2.39. The zero-order chi connectivity index (χ0) is 28.2. The Bertz CT molecular complexity index is 1410. The fraction of sp³-hybridized carbons (Fsp3) is 0.312. The van der Waals surface area contributed by atoms with Crippen molar-refractivity contribution < 1.29 is 30.0 Å². The monoisotopic (exact) mass is 559 g/mol. The number of imide groups is 1. The SMILES string of the molecule is O=C1[C@@H]2[C@@H](CC(CO)=C([C@H](O)CC/C(=C/c3cccc(O)c3)c3ccccc3)[C@@H]2CO)C(=O)N1Cc1cccs1.